The highest BCUT2D eigenvalue weighted by Crippen LogP contribution is 2.25. The number of hydrogen-bond acceptors (Lipinski definition) is 3. The zero-order valence-electron chi connectivity index (χ0n) is 11.0. The van der Waals surface area contributed by atoms with Gasteiger partial charge in [-0.3, -0.25) is 4.79 Å². The number of aromatic nitrogens is 3. The molecule has 1 heterocycles. The molecule has 1 aromatic rings. The Kier molecular flexibility index (Phi) is 4.26. The van der Waals surface area contributed by atoms with Crippen LogP contribution in [-0.2, 0) is 17.8 Å². The molecule has 1 N–H and O–H groups in total. The maximum absolute atomic E-state index is 10.8. The minimum atomic E-state index is -0.773. The Hall–Kier alpha value is -1.39. The molecule has 0 aliphatic carbocycles. The summed E-state index contributed by atoms with van der Waals surface area (Å²) in [7, 11) is 0. The molecule has 0 radical (unpaired) electrons. The third kappa shape index (κ3) is 4.54. The Labute approximate surface area is 102 Å². The summed E-state index contributed by atoms with van der Waals surface area (Å²) in [5.74, 6) is 0.591. The highest BCUT2D eigenvalue weighted by molar-refractivity contribution is 5.67. The number of aliphatic carboxylic acids is 1. The zero-order chi connectivity index (χ0) is 13.1. The van der Waals surface area contributed by atoms with E-state index in [1.165, 1.54) is 6.33 Å². The molecule has 5 nitrogen and oxygen atoms in total. The Balaban J connectivity index is 2.74. The molecular formula is C12H21N3O2. The van der Waals surface area contributed by atoms with Crippen molar-refractivity contribution in [3.05, 3.63) is 12.2 Å². The lowest BCUT2D eigenvalue weighted by Crippen LogP contribution is -2.23. The molecule has 0 spiro atoms. The fourth-order valence-electron chi connectivity index (χ4n) is 1.82. The molecule has 0 bridgehead atoms. The van der Waals surface area contributed by atoms with Crippen molar-refractivity contribution in [3.8, 4) is 0 Å². The number of carboxylic acids is 1. The van der Waals surface area contributed by atoms with Crippen molar-refractivity contribution >= 4 is 5.97 Å². The monoisotopic (exact) mass is 239 g/mol. The van der Waals surface area contributed by atoms with Crippen LogP contribution in [0.2, 0.25) is 0 Å². The Morgan fingerprint density at radius 3 is 2.71 bits per heavy atom. The van der Waals surface area contributed by atoms with E-state index in [-0.39, 0.29) is 11.8 Å². The van der Waals surface area contributed by atoms with Crippen molar-refractivity contribution in [2.24, 2.45) is 11.3 Å². The van der Waals surface area contributed by atoms with Crippen LogP contribution in [0.25, 0.3) is 0 Å². The maximum atomic E-state index is 10.8. The summed E-state index contributed by atoms with van der Waals surface area (Å²) in [4.78, 5) is 15.0. The molecule has 0 fully saturated rings. The predicted molar refractivity (Wildman–Crippen MR) is 64.6 cm³/mol. The summed E-state index contributed by atoms with van der Waals surface area (Å²) in [6, 6.07) is 0. The van der Waals surface area contributed by atoms with Crippen LogP contribution in [0.15, 0.2) is 6.33 Å². The molecule has 0 aliphatic rings. The second-order valence-corrected chi connectivity index (χ2v) is 5.66. The fourth-order valence-corrected chi connectivity index (χ4v) is 1.82. The minimum Gasteiger partial charge on any atom is -0.481 e. The highest BCUT2D eigenvalue weighted by Gasteiger charge is 2.24. The lowest BCUT2D eigenvalue weighted by Gasteiger charge is -2.22. The SMILES string of the molecule is CC(C)Cn1ncnc1CC(C)(C)CC(=O)O. The lowest BCUT2D eigenvalue weighted by molar-refractivity contribution is -0.139. The van der Waals surface area contributed by atoms with Crippen LogP contribution >= 0.6 is 0 Å². The molecule has 0 unspecified atom stereocenters. The third-order valence-electron chi connectivity index (χ3n) is 2.50. The summed E-state index contributed by atoms with van der Waals surface area (Å²) in [5.41, 5.74) is -0.298. The van der Waals surface area contributed by atoms with Crippen LogP contribution in [0, 0.1) is 11.3 Å². The van der Waals surface area contributed by atoms with Gasteiger partial charge in [0.2, 0.25) is 0 Å². The first-order valence-corrected chi connectivity index (χ1v) is 5.88. The van der Waals surface area contributed by atoms with E-state index in [2.05, 4.69) is 23.9 Å². The topological polar surface area (TPSA) is 68.0 Å². The van der Waals surface area contributed by atoms with Crippen molar-refractivity contribution in [2.75, 3.05) is 0 Å². The van der Waals surface area contributed by atoms with Crippen molar-refractivity contribution in [2.45, 2.75) is 47.1 Å². The van der Waals surface area contributed by atoms with Crippen LogP contribution in [0.4, 0.5) is 0 Å². The van der Waals surface area contributed by atoms with Gasteiger partial charge in [0.05, 0.1) is 6.42 Å². The van der Waals surface area contributed by atoms with E-state index < -0.39 is 5.97 Å². The largest absolute Gasteiger partial charge is 0.481 e. The van der Waals surface area contributed by atoms with Crippen molar-refractivity contribution < 1.29 is 9.90 Å². The van der Waals surface area contributed by atoms with Gasteiger partial charge >= 0.3 is 5.97 Å². The first-order chi connectivity index (χ1) is 7.80. The minimum absolute atomic E-state index is 0.140. The van der Waals surface area contributed by atoms with E-state index in [0.29, 0.717) is 12.3 Å². The van der Waals surface area contributed by atoms with Gasteiger partial charge in [0, 0.05) is 13.0 Å². The molecule has 0 saturated heterocycles. The summed E-state index contributed by atoms with van der Waals surface area (Å²) < 4.78 is 1.87. The van der Waals surface area contributed by atoms with Gasteiger partial charge in [-0.05, 0) is 11.3 Å². The number of hydrogen-bond donors (Lipinski definition) is 1. The van der Waals surface area contributed by atoms with Crippen LogP contribution in [-0.4, -0.2) is 25.8 Å². The molecule has 1 aromatic heterocycles. The lowest BCUT2D eigenvalue weighted by atomic mass is 9.85. The number of carbonyl (C=O) groups is 1. The van der Waals surface area contributed by atoms with Gasteiger partial charge in [-0.1, -0.05) is 27.7 Å². The van der Waals surface area contributed by atoms with Crippen LogP contribution in [0.5, 0.6) is 0 Å². The van der Waals surface area contributed by atoms with Crippen LogP contribution < -0.4 is 0 Å². The summed E-state index contributed by atoms with van der Waals surface area (Å²) >= 11 is 0. The molecule has 5 heteroatoms. The van der Waals surface area contributed by atoms with Crippen molar-refractivity contribution in [3.63, 3.8) is 0 Å². The Morgan fingerprint density at radius 1 is 1.53 bits per heavy atom. The van der Waals surface area contributed by atoms with Crippen LogP contribution in [0.1, 0.15) is 39.9 Å². The molecule has 0 atom stereocenters. The van der Waals surface area contributed by atoms with E-state index >= 15 is 0 Å². The van der Waals surface area contributed by atoms with Gasteiger partial charge in [0.1, 0.15) is 12.2 Å². The van der Waals surface area contributed by atoms with Crippen LogP contribution in [0.3, 0.4) is 0 Å². The average Bonchev–Trinajstić information content (AvgIpc) is 2.48. The van der Waals surface area contributed by atoms with Gasteiger partial charge in [0.25, 0.3) is 0 Å². The van der Waals surface area contributed by atoms with Gasteiger partial charge in [-0.2, -0.15) is 5.10 Å². The van der Waals surface area contributed by atoms with E-state index in [1.807, 2.05) is 18.5 Å². The molecule has 0 aliphatic heterocycles. The second kappa shape index (κ2) is 5.29. The third-order valence-corrected chi connectivity index (χ3v) is 2.50. The van der Waals surface area contributed by atoms with Gasteiger partial charge in [0.15, 0.2) is 0 Å². The van der Waals surface area contributed by atoms with E-state index in [1.54, 1.807) is 0 Å². The smallest absolute Gasteiger partial charge is 0.303 e. The first-order valence-electron chi connectivity index (χ1n) is 5.88. The Morgan fingerprint density at radius 2 is 2.18 bits per heavy atom. The molecular weight excluding hydrogens is 218 g/mol. The fraction of sp³-hybridized carbons (Fsp3) is 0.750. The number of rotatable bonds is 6. The van der Waals surface area contributed by atoms with Crippen molar-refractivity contribution in [1.82, 2.24) is 14.8 Å². The summed E-state index contributed by atoms with van der Waals surface area (Å²) in [6.45, 7) is 8.94. The van der Waals surface area contributed by atoms with Gasteiger partial charge < -0.3 is 5.11 Å². The van der Waals surface area contributed by atoms with E-state index in [0.717, 1.165) is 12.4 Å². The molecule has 1 rings (SSSR count). The molecule has 0 saturated carbocycles. The van der Waals surface area contributed by atoms with Gasteiger partial charge in [-0.15, -0.1) is 0 Å². The molecule has 96 valence electrons. The quantitative estimate of drug-likeness (QED) is 0.824. The normalized spacial score (nSPS) is 12.1. The predicted octanol–water partition coefficient (Wildman–Crippen LogP) is 1.98. The standard InChI is InChI=1S/C12H21N3O2/c1-9(2)7-15-10(13-8-14-15)5-12(3,4)6-11(16)17/h8-9H,5-7H2,1-4H3,(H,16,17). The summed E-state index contributed by atoms with van der Waals surface area (Å²) in [6.07, 6.45) is 2.31. The maximum Gasteiger partial charge on any atom is 0.303 e. The first kappa shape index (κ1) is 13.7. The summed E-state index contributed by atoms with van der Waals surface area (Å²) in [5, 5.41) is 13.0. The molecule has 17 heavy (non-hydrogen) atoms. The highest BCUT2D eigenvalue weighted by atomic mass is 16.4. The molecule has 0 aromatic carbocycles. The van der Waals surface area contributed by atoms with Crippen molar-refractivity contribution in [1.29, 1.82) is 0 Å². The van der Waals surface area contributed by atoms with E-state index in [4.69, 9.17) is 5.11 Å². The number of nitrogens with zero attached hydrogens (tertiary/aromatic N) is 3. The molecule has 0 amide bonds. The average molecular weight is 239 g/mol. The number of carboxylic acid groups (broad SMARTS) is 1. The van der Waals surface area contributed by atoms with E-state index in [9.17, 15) is 4.79 Å². The zero-order valence-corrected chi connectivity index (χ0v) is 11.0. The Bertz CT molecular complexity index is 383. The second-order valence-electron chi connectivity index (χ2n) is 5.66. The van der Waals surface area contributed by atoms with Gasteiger partial charge in [-0.25, -0.2) is 9.67 Å².